The third-order valence-corrected chi connectivity index (χ3v) is 5.38. The number of rotatable bonds is 5. The van der Waals surface area contributed by atoms with Crippen molar-refractivity contribution < 1.29 is 14.3 Å². The van der Waals surface area contributed by atoms with Crippen LogP contribution >= 0.6 is 0 Å². The van der Waals surface area contributed by atoms with Crippen molar-refractivity contribution in [3.05, 3.63) is 23.9 Å². The van der Waals surface area contributed by atoms with Gasteiger partial charge >= 0.3 is 5.97 Å². The Morgan fingerprint density at radius 1 is 1.26 bits per heavy atom. The van der Waals surface area contributed by atoms with E-state index in [0.717, 1.165) is 50.3 Å². The van der Waals surface area contributed by atoms with Crippen molar-refractivity contribution >= 4 is 11.9 Å². The molecule has 0 amide bonds. The molecule has 0 spiro atoms. The lowest BCUT2D eigenvalue weighted by Gasteiger charge is -2.33. The summed E-state index contributed by atoms with van der Waals surface area (Å²) in [5, 5.41) is 3.38. The second kappa shape index (κ2) is 9.58. The van der Waals surface area contributed by atoms with Crippen molar-refractivity contribution in [2.75, 3.05) is 27.2 Å². The van der Waals surface area contributed by atoms with Crippen LogP contribution in [-0.4, -0.2) is 55.2 Å². The molecule has 27 heavy (non-hydrogen) atoms. The van der Waals surface area contributed by atoms with E-state index < -0.39 is 0 Å². The molecule has 1 N–H and O–H groups in total. The lowest BCUT2D eigenvalue weighted by molar-refractivity contribution is -0.146. The van der Waals surface area contributed by atoms with Crippen LogP contribution in [-0.2, 0) is 16.1 Å². The SMILES string of the molecule is CN=C(NCc1ccc(OC2CCCC2)nc1)N1CCC(C(=O)OC)CC1. The van der Waals surface area contributed by atoms with Crippen molar-refractivity contribution in [3.8, 4) is 5.88 Å². The first-order chi connectivity index (χ1) is 13.2. The van der Waals surface area contributed by atoms with Crippen LogP contribution in [0.15, 0.2) is 23.3 Å². The van der Waals surface area contributed by atoms with Gasteiger partial charge in [-0.15, -0.1) is 0 Å². The molecule has 1 saturated carbocycles. The predicted octanol–water partition coefficient (Wildman–Crippen LogP) is 2.36. The van der Waals surface area contributed by atoms with E-state index in [1.807, 2.05) is 18.3 Å². The normalized spacial score (nSPS) is 19.2. The number of carbonyl (C=O) groups excluding carboxylic acids is 1. The molecule has 2 fully saturated rings. The van der Waals surface area contributed by atoms with Crippen LogP contribution in [0.25, 0.3) is 0 Å². The zero-order valence-electron chi connectivity index (χ0n) is 16.3. The molecular formula is C20H30N4O3. The highest BCUT2D eigenvalue weighted by Crippen LogP contribution is 2.23. The molecule has 7 heteroatoms. The molecule has 0 atom stereocenters. The van der Waals surface area contributed by atoms with Gasteiger partial charge in [-0.2, -0.15) is 0 Å². The van der Waals surface area contributed by atoms with Crippen LogP contribution in [0.5, 0.6) is 5.88 Å². The number of guanidine groups is 1. The van der Waals surface area contributed by atoms with Gasteiger partial charge < -0.3 is 19.7 Å². The summed E-state index contributed by atoms with van der Waals surface area (Å²) in [5.41, 5.74) is 1.08. The minimum Gasteiger partial charge on any atom is -0.474 e. The van der Waals surface area contributed by atoms with Crippen LogP contribution < -0.4 is 10.1 Å². The predicted molar refractivity (Wildman–Crippen MR) is 104 cm³/mol. The molecule has 3 rings (SSSR count). The maximum absolute atomic E-state index is 11.7. The number of hydrogen-bond acceptors (Lipinski definition) is 5. The Kier molecular flexibility index (Phi) is 6.90. The standard InChI is InChI=1S/C20H30N4O3/c1-21-20(24-11-9-16(10-12-24)19(25)26-2)23-14-15-7-8-18(22-13-15)27-17-5-3-4-6-17/h7-8,13,16-17H,3-6,9-12,14H2,1-2H3,(H,21,23). The van der Waals surface area contributed by atoms with Gasteiger partial charge in [-0.1, -0.05) is 6.07 Å². The van der Waals surface area contributed by atoms with Crippen LogP contribution in [0, 0.1) is 5.92 Å². The zero-order chi connectivity index (χ0) is 19.1. The summed E-state index contributed by atoms with van der Waals surface area (Å²) >= 11 is 0. The lowest BCUT2D eigenvalue weighted by atomic mass is 9.97. The molecule has 2 aliphatic rings. The van der Waals surface area contributed by atoms with Gasteiger partial charge in [-0.3, -0.25) is 9.79 Å². The van der Waals surface area contributed by atoms with Gasteiger partial charge in [-0.25, -0.2) is 4.98 Å². The number of methoxy groups -OCH3 is 1. The highest BCUT2D eigenvalue weighted by atomic mass is 16.5. The Hall–Kier alpha value is -2.31. The van der Waals surface area contributed by atoms with Gasteiger partial charge in [0.05, 0.1) is 13.0 Å². The number of nitrogens with zero attached hydrogens (tertiary/aromatic N) is 3. The van der Waals surface area contributed by atoms with Crippen LogP contribution in [0.2, 0.25) is 0 Å². The molecule has 1 aromatic heterocycles. The molecule has 1 aliphatic heterocycles. The Morgan fingerprint density at radius 2 is 2.00 bits per heavy atom. The monoisotopic (exact) mass is 374 g/mol. The molecule has 0 unspecified atom stereocenters. The minimum absolute atomic E-state index is 0.000896. The average Bonchev–Trinajstić information content (AvgIpc) is 3.22. The molecular weight excluding hydrogens is 344 g/mol. The van der Waals surface area contributed by atoms with Gasteiger partial charge in [0.25, 0.3) is 0 Å². The van der Waals surface area contributed by atoms with Gasteiger partial charge in [0.15, 0.2) is 5.96 Å². The largest absolute Gasteiger partial charge is 0.474 e. The number of esters is 1. The fourth-order valence-corrected chi connectivity index (χ4v) is 3.77. The highest BCUT2D eigenvalue weighted by molar-refractivity contribution is 5.80. The number of likely N-dealkylation sites (tertiary alicyclic amines) is 1. The first kappa shape index (κ1) is 19.5. The molecule has 0 radical (unpaired) electrons. The second-order valence-electron chi connectivity index (χ2n) is 7.21. The quantitative estimate of drug-likeness (QED) is 0.484. The summed E-state index contributed by atoms with van der Waals surface area (Å²) < 4.78 is 10.8. The zero-order valence-corrected chi connectivity index (χ0v) is 16.3. The maximum Gasteiger partial charge on any atom is 0.308 e. The Balaban J connectivity index is 1.46. The summed E-state index contributed by atoms with van der Waals surface area (Å²) in [6, 6.07) is 3.99. The van der Waals surface area contributed by atoms with E-state index in [2.05, 4.69) is 20.2 Å². The van der Waals surface area contributed by atoms with Crippen molar-refractivity contribution in [3.63, 3.8) is 0 Å². The van der Waals surface area contributed by atoms with E-state index >= 15 is 0 Å². The Bertz CT molecular complexity index is 633. The van der Waals surface area contributed by atoms with Gasteiger partial charge in [-0.05, 0) is 44.1 Å². The Morgan fingerprint density at radius 3 is 2.59 bits per heavy atom. The number of hydrogen-bond donors (Lipinski definition) is 1. The van der Waals surface area contributed by atoms with Crippen molar-refractivity contribution in [1.29, 1.82) is 0 Å². The Labute approximate surface area is 161 Å². The molecule has 148 valence electrons. The number of nitrogens with one attached hydrogen (secondary N) is 1. The number of piperidine rings is 1. The number of carbonyl (C=O) groups is 1. The highest BCUT2D eigenvalue weighted by Gasteiger charge is 2.26. The smallest absolute Gasteiger partial charge is 0.308 e. The average molecular weight is 374 g/mol. The molecule has 1 aromatic rings. The van der Waals surface area contributed by atoms with Crippen LogP contribution in [0.3, 0.4) is 0 Å². The number of ether oxygens (including phenoxy) is 2. The number of aromatic nitrogens is 1. The molecule has 1 aliphatic carbocycles. The van der Waals surface area contributed by atoms with Crippen molar-refractivity contribution in [1.82, 2.24) is 15.2 Å². The van der Waals surface area contributed by atoms with Crippen molar-refractivity contribution in [2.24, 2.45) is 10.9 Å². The summed E-state index contributed by atoms with van der Waals surface area (Å²) in [7, 11) is 3.23. The fraction of sp³-hybridized carbons (Fsp3) is 0.650. The summed E-state index contributed by atoms with van der Waals surface area (Å²) in [4.78, 5) is 22.6. The maximum atomic E-state index is 11.7. The topological polar surface area (TPSA) is 76.1 Å². The second-order valence-corrected chi connectivity index (χ2v) is 7.21. The van der Waals surface area contributed by atoms with Gasteiger partial charge in [0, 0.05) is 38.9 Å². The number of pyridine rings is 1. The van der Waals surface area contributed by atoms with Gasteiger partial charge in [0.1, 0.15) is 6.10 Å². The van der Waals surface area contributed by atoms with E-state index in [4.69, 9.17) is 9.47 Å². The fourth-order valence-electron chi connectivity index (χ4n) is 3.77. The third-order valence-electron chi connectivity index (χ3n) is 5.38. The van der Waals surface area contributed by atoms with E-state index in [1.165, 1.54) is 20.0 Å². The first-order valence-corrected chi connectivity index (χ1v) is 9.84. The molecule has 2 heterocycles. The van der Waals surface area contributed by atoms with Crippen molar-refractivity contribution in [2.45, 2.75) is 51.2 Å². The minimum atomic E-state index is -0.108. The lowest BCUT2D eigenvalue weighted by Crippen LogP contribution is -2.46. The van der Waals surface area contributed by atoms with E-state index in [0.29, 0.717) is 18.5 Å². The summed E-state index contributed by atoms with van der Waals surface area (Å²) in [6.07, 6.45) is 8.54. The van der Waals surface area contributed by atoms with Crippen LogP contribution in [0.1, 0.15) is 44.1 Å². The molecule has 1 saturated heterocycles. The first-order valence-electron chi connectivity index (χ1n) is 9.84. The van der Waals surface area contributed by atoms with E-state index in [-0.39, 0.29) is 11.9 Å². The van der Waals surface area contributed by atoms with E-state index in [9.17, 15) is 4.79 Å². The summed E-state index contributed by atoms with van der Waals surface area (Å²) in [6.45, 7) is 2.25. The van der Waals surface area contributed by atoms with Crippen LogP contribution in [0.4, 0.5) is 0 Å². The molecule has 7 nitrogen and oxygen atoms in total. The van der Waals surface area contributed by atoms with Gasteiger partial charge in [0.2, 0.25) is 5.88 Å². The molecule has 0 aromatic carbocycles. The van der Waals surface area contributed by atoms with E-state index in [1.54, 1.807) is 7.05 Å². The summed E-state index contributed by atoms with van der Waals surface area (Å²) in [5.74, 6) is 1.45. The number of aliphatic imine (C=N–C) groups is 1. The third kappa shape index (κ3) is 5.34. The molecule has 0 bridgehead atoms.